The first-order valence-electron chi connectivity index (χ1n) is 8.88. The average molecular weight is 452 g/mol. The number of aliphatic carboxylic acids is 1. The van der Waals surface area contributed by atoms with Gasteiger partial charge in [0.25, 0.3) is 0 Å². The van der Waals surface area contributed by atoms with E-state index in [-0.39, 0.29) is 12.2 Å². The number of carbonyl (C=O) groups is 1. The second-order valence-corrected chi connectivity index (χ2v) is 8.72. The van der Waals surface area contributed by atoms with Crippen molar-refractivity contribution in [3.63, 3.8) is 0 Å². The lowest BCUT2D eigenvalue weighted by molar-refractivity contribution is -0.142. The number of imidazole rings is 1. The number of benzene rings is 2. The van der Waals surface area contributed by atoms with Crippen molar-refractivity contribution in [2.24, 2.45) is 4.99 Å². The van der Waals surface area contributed by atoms with Crippen LogP contribution in [-0.4, -0.2) is 37.4 Å². The molecule has 1 unspecified atom stereocenters. The molecule has 0 saturated carbocycles. The normalized spacial score (nSPS) is 18.9. The molecule has 1 aliphatic heterocycles. The van der Waals surface area contributed by atoms with Gasteiger partial charge in [0.05, 0.1) is 16.1 Å². The molecule has 4 rings (SSSR count). The molecule has 2 aromatic carbocycles. The molecule has 2 N–H and O–H groups in total. The number of rotatable bonds is 6. The standard InChI is InChI=1S/C20H16Cl2FN3O2S/c21-13-2-1-3-14(22)12(13)5-7-18-26-20(10-29-18,19(27)28)9-17-24-15-6-4-11(23)8-16(15)25-17/h1-4,6,8H,5,7,9-10H2,(H,24,25)(H,27,28). The Kier molecular flexibility index (Phi) is 5.55. The fraction of sp³-hybridized carbons (Fsp3) is 0.250. The predicted molar refractivity (Wildman–Crippen MR) is 115 cm³/mol. The summed E-state index contributed by atoms with van der Waals surface area (Å²) in [6.45, 7) is 0. The van der Waals surface area contributed by atoms with Gasteiger partial charge in [-0.3, -0.25) is 4.99 Å². The van der Waals surface area contributed by atoms with Crippen LogP contribution >= 0.6 is 35.0 Å². The van der Waals surface area contributed by atoms with Crippen LogP contribution in [-0.2, 0) is 17.6 Å². The van der Waals surface area contributed by atoms with Crippen LogP contribution < -0.4 is 0 Å². The lowest BCUT2D eigenvalue weighted by Gasteiger charge is -2.18. The van der Waals surface area contributed by atoms with Crippen molar-refractivity contribution in [3.8, 4) is 0 Å². The number of aliphatic imine (C=N–C) groups is 1. The molecular weight excluding hydrogens is 436 g/mol. The van der Waals surface area contributed by atoms with Crippen LogP contribution in [0.2, 0.25) is 10.0 Å². The van der Waals surface area contributed by atoms with Crippen LogP contribution in [0.15, 0.2) is 41.4 Å². The monoisotopic (exact) mass is 451 g/mol. The Labute approximate surface area is 180 Å². The Morgan fingerprint density at radius 3 is 2.72 bits per heavy atom. The molecule has 3 aromatic rings. The number of H-pyrrole nitrogens is 1. The van der Waals surface area contributed by atoms with E-state index in [9.17, 15) is 14.3 Å². The minimum atomic E-state index is -1.31. The van der Waals surface area contributed by atoms with Crippen molar-refractivity contribution < 1.29 is 14.3 Å². The number of carboxylic acid groups (broad SMARTS) is 1. The summed E-state index contributed by atoms with van der Waals surface area (Å²) in [7, 11) is 0. The maximum absolute atomic E-state index is 13.4. The summed E-state index contributed by atoms with van der Waals surface area (Å²) < 4.78 is 13.4. The topological polar surface area (TPSA) is 78.3 Å². The summed E-state index contributed by atoms with van der Waals surface area (Å²) in [6, 6.07) is 9.55. The lowest BCUT2D eigenvalue weighted by Crippen LogP contribution is -2.40. The highest BCUT2D eigenvalue weighted by molar-refractivity contribution is 8.14. The van der Waals surface area contributed by atoms with E-state index >= 15 is 0 Å². The average Bonchev–Trinajstić information content (AvgIpc) is 3.25. The van der Waals surface area contributed by atoms with Gasteiger partial charge >= 0.3 is 5.97 Å². The first-order valence-corrected chi connectivity index (χ1v) is 10.6. The summed E-state index contributed by atoms with van der Waals surface area (Å²) >= 11 is 13.8. The van der Waals surface area contributed by atoms with Gasteiger partial charge in [-0.1, -0.05) is 29.3 Å². The summed E-state index contributed by atoms with van der Waals surface area (Å²) in [5.41, 5.74) is 0.636. The minimum absolute atomic E-state index is 0.0992. The molecule has 150 valence electrons. The van der Waals surface area contributed by atoms with E-state index in [2.05, 4.69) is 15.0 Å². The van der Waals surface area contributed by atoms with Crippen molar-refractivity contribution in [1.82, 2.24) is 9.97 Å². The van der Waals surface area contributed by atoms with Gasteiger partial charge in [-0.05, 0) is 48.7 Å². The molecule has 29 heavy (non-hydrogen) atoms. The molecule has 1 aromatic heterocycles. The zero-order valence-corrected chi connectivity index (χ0v) is 17.4. The Hall–Kier alpha value is -2.09. The molecule has 9 heteroatoms. The number of hydrogen-bond donors (Lipinski definition) is 2. The Morgan fingerprint density at radius 1 is 1.24 bits per heavy atom. The van der Waals surface area contributed by atoms with Crippen molar-refractivity contribution in [1.29, 1.82) is 0 Å². The molecule has 5 nitrogen and oxygen atoms in total. The third kappa shape index (κ3) is 4.13. The predicted octanol–water partition coefficient (Wildman–Crippen LogP) is 5.15. The molecule has 1 atom stereocenters. The van der Waals surface area contributed by atoms with Gasteiger partial charge in [-0.25, -0.2) is 14.2 Å². The zero-order chi connectivity index (χ0) is 20.6. The quantitative estimate of drug-likeness (QED) is 0.542. The number of fused-ring (bicyclic) bond motifs is 1. The fourth-order valence-electron chi connectivity index (χ4n) is 3.31. The number of thioether (sulfide) groups is 1. The first kappa shape index (κ1) is 20.2. The second-order valence-electron chi connectivity index (χ2n) is 6.85. The fourth-order valence-corrected chi connectivity index (χ4v) is 5.08. The number of nitrogens with one attached hydrogen (secondary N) is 1. The van der Waals surface area contributed by atoms with Crippen LogP contribution in [0.3, 0.4) is 0 Å². The van der Waals surface area contributed by atoms with Gasteiger partial charge in [0, 0.05) is 22.2 Å². The van der Waals surface area contributed by atoms with Gasteiger partial charge in [-0.2, -0.15) is 0 Å². The number of halogens is 3. The molecule has 1 aliphatic rings. The Bertz CT molecular complexity index is 1110. The molecule has 0 saturated heterocycles. The SMILES string of the molecule is O=C(O)C1(Cc2nc3ccc(F)cc3[nH]2)CSC(CCc2c(Cl)cccc2Cl)=N1. The first-order chi connectivity index (χ1) is 13.9. The maximum atomic E-state index is 13.4. The number of aromatic nitrogens is 2. The van der Waals surface area contributed by atoms with Crippen LogP contribution in [0, 0.1) is 5.82 Å². The summed E-state index contributed by atoms with van der Waals surface area (Å²) in [6.07, 6.45) is 1.22. The van der Waals surface area contributed by atoms with Crippen molar-refractivity contribution in [2.75, 3.05) is 5.75 Å². The van der Waals surface area contributed by atoms with Gasteiger partial charge in [0.1, 0.15) is 11.6 Å². The highest BCUT2D eigenvalue weighted by Gasteiger charge is 2.44. The molecule has 0 amide bonds. The zero-order valence-electron chi connectivity index (χ0n) is 15.1. The third-order valence-corrected chi connectivity index (χ3v) is 6.78. The number of carboxylic acids is 1. The highest BCUT2D eigenvalue weighted by atomic mass is 35.5. The third-order valence-electron chi connectivity index (χ3n) is 4.82. The molecule has 0 fully saturated rings. The molecule has 0 spiro atoms. The molecule has 2 heterocycles. The van der Waals surface area contributed by atoms with Gasteiger partial charge in [0.15, 0.2) is 5.54 Å². The van der Waals surface area contributed by atoms with Gasteiger partial charge in [0.2, 0.25) is 0 Å². The van der Waals surface area contributed by atoms with Gasteiger partial charge in [-0.15, -0.1) is 11.8 Å². The number of hydrogen-bond acceptors (Lipinski definition) is 4. The maximum Gasteiger partial charge on any atom is 0.332 e. The van der Waals surface area contributed by atoms with Crippen molar-refractivity contribution >= 4 is 57.0 Å². The second kappa shape index (κ2) is 7.97. The van der Waals surface area contributed by atoms with E-state index in [1.807, 2.05) is 0 Å². The highest BCUT2D eigenvalue weighted by Crippen LogP contribution is 2.34. The molecule has 0 aliphatic carbocycles. The van der Waals surface area contributed by atoms with E-state index in [0.29, 0.717) is 45.5 Å². The van der Waals surface area contributed by atoms with E-state index in [1.54, 1.807) is 24.3 Å². The Morgan fingerprint density at radius 2 is 2.00 bits per heavy atom. The van der Waals surface area contributed by atoms with E-state index in [4.69, 9.17) is 23.2 Å². The van der Waals surface area contributed by atoms with E-state index < -0.39 is 11.5 Å². The van der Waals surface area contributed by atoms with Crippen LogP contribution in [0.4, 0.5) is 4.39 Å². The van der Waals surface area contributed by atoms with Crippen LogP contribution in [0.1, 0.15) is 17.8 Å². The van der Waals surface area contributed by atoms with Crippen molar-refractivity contribution in [3.05, 3.63) is 63.6 Å². The lowest BCUT2D eigenvalue weighted by atomic mass is 9.98. The smallest absolute Gasteiger partial charge is 0.332 e. The summed E-state index contributed by atoms with van der Waals surface area (Å²) in [4.78, 5) is 24.0. The largest absolute Gasteiger partial charge is 0.479 e. The van der Waals surface area contributed by atoms with Crippen LogP contribution in [0.25, 0.3) is 11.0 Å². The number of aromatic amines is 1. The molecular formula is C20H16Cl2FN3O2S. The van der Waals surface area contributed by atoms with E-state index in [0.717, 1.165) is 10.6 Å². The van der Waals surface area contributed by atoms with Gasteiger partial charge < -0.3 is 10.1 Å². The minimum Gasteiger partial charge on any atom is -0.479 e. The molecule has 0 radical (unpaired) electrons. The van der Waals surface area contributed by atoms with Crippen LogP contribution in [0.5, 0.6) is 0 Å². The molecule has 0 bridgehead atoms. The van der Waals surface area contributed by atoms with E-state index in [1.165, 1.54) is 23.9 Å². The summed E-state index contributed by atoms with van der Waals surface area (Å²) in [5, 5.41) is 11.8. The Balaban J connectivity index is 1.55. The number of nitrogens with zero attached hydrogens (tertiary/aromatic N) is 2. The summed E-state index contributed by atoms with van der Waals surface area (Å²) in [5.74, 6) is -0.620. The van der Waals surface area contributed by atoms with Crippen molar-refractivity contribution in [2.45, 2.75) is 24.8 Å².